The van der Waals surface area contributed by atoms with Crippen LogP contribution in [0.1, 0.15) is 33.8 Å². The van der Waals surface area contributed by atoms with Crippen LogP contribution in [0, 0.1) is 0 Å². The highest BCUT2D eigenvalue weighted by Gasteiger charge is 2.26. The Bertz CT molecular complexity index is 943. The molecule has 0 saturated carbocycles. The number of rotatable bonds is 4. The van der Waals surface area contributed by atoms with Crippen LogP contribution in [0.3, 0.4) is 0 Å². The Kier molecular flexibility index (Phi) is 4.85. The van der Waals surface area contributed by atoms with Crippen LogP contribution in [0.25, 0.3) is 0 Å². The van der Waals surface area contributed by atoms with Gasteiger partial charge in [0.25, 0.3) is 5.91 Å². The summed E-state index contributed by atoms with van der Waals surface area (Å²) in [5, 5.41) is 11.6. The number of carbonyl (C=O) groups excluding carboxylic acids is 1. The summed E-state index contributed by atoms with van der Waals surface area (Å²) in [6.07, 6.45) is 3.86. The van der Waals surface area contributed by atoms with Gasteiger partial charge in [0, 0.05) is 24.6 Å². The average Bonchev–Trinajstić information content (AvgIpc) is 2.62. The van der Waals surface area contributed by atoms with Gasteiger partial charge < -0.3 is 10.4 Å². The summed E-state index contributed by atoms with van der Waals surface area (Å²) >= 11 is 0. The van der Waals surface area contributed by atoms with Crippen molar-refractivity contribution in [1.82, 2.24) is 9.97 Å². The van der Waals surface area contributed by atoms with Crippen LogP contribution in [0.5, 0.6) is 0 Å². The number of sulfonamides is 1. The molecule has 0 bridgehead atoms. The molecule has 1 saturated heterocycles. The smallest absolute Gasteiger partial charge is 0.356 e. The van der Waals surface area contributed by atoms with Crippen LogP contribution in [-0.4, -0.2) is 47.7 Å². The number of carboxylic acids is 1. The Balaban J connectivity index is 1.78. The third-order valence-electron chi connectivity index (χ3n) is 3.88. The number of hydrogen-bond acceptors (Lipinski definition) is 6. The second kappa shape index (κ2) is 7.08. The number of nitrogens with zero attached hydrogens (tertiary/aromatic N) is 3. The maximum atomic E-state index is 12.2. The second-order valence-corrected chi connectivity index (χ2v) is 7.67. The van der Waals surface area contributed by atoms with Crippen LogP contribution in [0.2, 0.25) is 0 Å². The quantitative estimate of drug-likeness (QED) is 0.824. The summed E-state index contributed by atoms with van der Waals surface area (Å²) in [4.78, 5) is 30.8. The van der Waals surface area contributed by atoms with Crippen LogP contribution < -0.4 is 9.62 Å². The molecule has 0 radical (unpaired) electrons. The molecular formula is C16H16N4O5S. The maximum Gasteiger partial charge on any atom is 0.356 e. The number of carboxylic acid groups (broad SMARTS) is 1. The summed E-state index contributed by atoms with van der Waals surface area (Å²) in [6.45, 7) is 0.426. The Morgan fingerprint density at radius 2 is 1.69 bits per heavy atom. The summed E-state index contributed by atoms with van der Waals surface area (Å²) in [6, 6.07) is 6.28. The van der Waals surface area contributed by atoms with Gasteiger partial charge in [-0.15, -0.1) is 0 Å². The minimum Gasteiger partial charge on any atom is -0.476 e. The van der Waals surface area contributed by atoms with Gasteiger partial charge >= 0.3 is 5.97 Å². The zero-order valence-electron chi connectivity index (χ0n) is 13.6. The molecule has 0 spiro atoms. The van der Waals surface area contributed by atoms with E-state index in [-0.39, 0.29) is 11.4 Å². The van der Waals surface area contributed by atoms with Gasteiger partial charge in [0.1, 0.15) is 0 Å². The number of nitrogens with one attached hydrogen (secondary N) is 1. The lowest BCUT2D eigenvalue weighted by Crippen LogP contribution is -2.37. The molecule has 1 aliphatic heterocycles. The van der Waals surface area contributed by atoms with E-state index in [1.165, 1.54) is 16.7 Å². The third kappa shape index (κ3) is 3.64. The molecule has 0 aliphatic carbocycles. The standard InChI is InChI=1S/C16H16N4O5S/c21-15(13-14(16(22)23)18-8-7-17-13)19-11-3-5-12(6-4-11)20-9-1-2-10-26(20,24)25/h3-8H,1-2,9-10H2,(H,19,21)(H,22,23). The SMILES string of the molecule is O=C(O)c1nccnc1C(=O)Nc1ccc(N2CCCCS2(=O)=O)cc1. The topological polar surface area (TPSA) is 130 Å². The predicted octanol–water partition coefficient (Wildman–Crippen LogP) is 1.36. The van der Waals surface area contributed by atoms with Gasteiger partial charge in [-0.05, 0) is 37.1 Å². The van der Waals surface area contributed by atoms with Crippen molar-refractivity contribution in [2.75, 3.05) is 21.9 Å². The van der Waals surface area contributed by atoms with E-state index in [9.17, 15) is 18.0 Å². The van der Waals surface area contributed by atoms with Crippen molar-refractivity contribution in [3.05, 3.63) is 48.0 Å². The first-order valence-electron chi connectivity index (χ1n) is 7.84. The van der Waals surface area contributed by atoms with Crippen molar-refractivity contribution in [2.45, 2.75) is 12.8 Å². The first-order valence-corrected chi connectivity index (χ1v) is 9.45. The van der Waals surface area contributed by atoms with Gasteiger partial charge in [0.15, 0.2) is 11.4 Å². The fourth-order valence-corrected chi connectivity index (χ4v) is 4.28. The molecule has 2 N–H and O–H groups in total. The number of carbonyl (C=O) groups is 2. The minimum atomic E-state index is -3.31. The molecule has 26 heavy (non-hydrogen) atoms. The van der Waals surface area contributed by atoms with E-state index < -0.39 is 27.6 Å². The first-order chi connectivity index (χ1) is 12.4. The molecule has 10 heteroatoms. The summed E-state index contributed by atoms with van der Waals surface area (Å²) < 4.78 is 25.6. The van der Waals surface area contributed by atoms with Crippen LogP contribution in [0.4, 0.5) is 11.4 Å². The van der Waals surface area contributed by atoms with Gasteiger partial charge in [0.05, 0.1) is 11.4 Å². The first kappa shape index (κ1) is 17.8. The number of aromatic carboxylic acids is 1. The lowest BCUT2D eigenvalue weighted by Gasteiger charge is -2.28. The molecule has 2 aromatic rings. The van der Waals surface area contributed by atoms with E-state index in [1.807, 2.05) is 0 Å². The van der Waals surface area contributed by atoms with Crippen molar-refractivity contribution in [1.29, 1.82) is 0 Å². The normalized spacial score (nSPS) is 16.1. The van der Waals surface area contributed by atoms with Crippen molar-refractivity contribution >= 4 is 33.3 Å². The predicted molar refractivity (Wildman–Crippen MR) is 93.8 cm³/mol. The molecule has 0 unspecified atom stereocenters. The lowest BCUT2D eigenvalue weighted by atomic mass is 10.2. The number of amides is 1. The van der Waals surface area contributed by atoms with E-state index in [4.69, 9.17) is 5.11 Å². The van der Waals surface area contributed by atoms with E-state index in [1.54, 1.807) is 24.3 Å². The Labute approximate surface area is 149 Å². The number of hydrogen-bond donors (Lipinski definition) is 2. The molecule has 1 fully saturated rings. The number of aromatic nitrogens is 2. The van der Waals surface area contributed by atoms with E-state index in [0.29, 0.717) is 24.3 Å². The number of anilines is 2. The molecule has 0 atom stereocenters. The second-order valence-electron chi connectivity index (χ2n) is 5.65. The molecule has 2 heterocycles. The molecule has 1 amide bonds. The fraction of sp³-hybridized carbons (Fsp3) is 0.250. The monoisotopic (exact) mass is 376 g/mol. The summed E-state index contributed by atoms with van der Waals surface area (Å²) in [5.41, 5.74) is 0.160. The summed E-state index contributed by atoms with van der Waals surface area (Å²) in [5.74, 6) is -1.95. The minimum absolute atomic E-state index is 0.121. The highest BCUT2D eigenvalue weighted by atomic mass is 32.2. The maximum absolute atomic E-state index is 12.2. The fourth-order valence-electron chi connectivity index (χ4n) is 2.64. The molecule has 1 aromatic heterocycles. The van der Waals surface area contributed by atoms with Crippen LogP contribution >= 0.6 is 0 Å². The molecular weight excluding hydrogens is 360 g/mol. The van der Waals surface area contributed by atoms with Gasteiger partial charge in [-0.2, -0.15) is 0 Å². The van der Waals surface area contributed by atoms with E-state index in [0.717, 1.165) is 6.42 Å². The van der Waals surface area contributed by atoms with E-state index in [2.05, 4.69) is 15.3 Å². The van der Waals surface area contributed by atoms with Crippen LogP contribution in [-0.2, 0) is 10.0 Å². The van der Waals surface area contributed by atoms with Crippen molar-refractivity contribution in [2.24, 2.45) is 0 Å². The summed E-state index contributed by atoms with van der Waals surface area (Å²) in [7, 11) is -3.31. The largest absolute Gasteiger partial charge is 0.476 e. The zero-order valence-corrected chi connectivity index (χ0v) is 14.4. The van der Waals surface area contributed by atoms with Crippen molar-refractivity contribution in [3.63, 3.8) is 0 Å². The Morgan fingerprint density at radius 1 is 1.04 bits per heavy atom. The van der Waals surface area contributed by atoms with Crippen molar-refractivity contribution in [3.8, 4) is 0 Å². The van der Waals surface area contributed by atoms with Crippen molar-refractivity contribution < 1.29 is 23.1 Å². The van der Waals surface area contributed by atoms with E-state index >= 15 is 0 Å². The molecule has 9 nitrogen and oxygen atoms in total. The molecule has 1 aromatic carbocycles. The van der Waals surface area contributed by atoms with Gasteiger partial charge in [0.2, 0.25) is 10.0 Å². The molecule has 3 rings (SSSR count). The average molecular weight is 376 g/mol. The Morgan fingerprint density at radius 3 is 2.31 bits per heavy atom. The highest BCUT2D eigenvalue weighted by Crippen LogP contribution is 2.25. The third-order valence-corrected chi connectivity index (χ3v) is 5.75. The molecule has 136 valence electrons. The van der Waals surface area contributed by atoms with Crippen LogP contribution in [0.15, 0.2) is 36.7 Å². The van der Waals surface area contributed by atoms with Gasteiger partial charge in [-0.1, -0.05) is 0 Å². The highest BCUT2D eigenvalue weighted by molar-refractivity contribution is 7.92. The Hall–Kier alpha value is -3.01. The lowest BCUT2D eigenvalue weighted by molar-refractivity contribution is 0.0685. The van der Waals surface area contributed by atoms with Gasteiger partial charge in [-0.3, -0.25) is 9.10 Å². The van der Waals surface area contributed by atoms with Gasteiger partial charge in [-0.25, -0.2) is 23.2 Å². The number of benzene rings is 1. The molecule has 1 aliphatic rings. The zero-order chi connectivity index (χ0) is 18.7.